The minimum Gasteiger partial charge on any atom is -0.381 e. The molecule has 1 atom stereocenters. The Morgan fingerprint density at radius 3 is 2.87 bits per heavy atom. The van der Waals surface area contributed by atoms with E-state index in [1.165, 1.54) is 4.90 Å². The van der Waals surface area contributed by atoms with Gasteiger partial charge in [0, 0.05) is 20.2 Å². The van der Waals surface area contributed by atoms with Gasteiger partial charge in [0.25, 0.3) is 0 Å². The number of nitrogens with zero attached hydrogens (tertiary/aromatic N) is 1. The highest BCUT2D eigenvalue weighted by atomic mass is 16.5. The maximum Gasteiger partial charge on any atom is 0.323 e. The predicted molar refractivity (Wildman–Crippen MR) is 53.5 cm³/mol. The molecule has 1 saturated heterocycles. The summed E-state index contributed by atoms with van der Waals surface area (Å²) in [7, 11) is 1.59. The van der Waals surface area contributed by atoms with Gasteiger partial charge in [0.15, 0.2) is 0 Å². The largest absolute Gasteiger partial charge is 0.381 e. The number of likely N-dealkylation sites (N-methyl/N-ethyl adjacent to an activating group) is 1. The second kappa shape index (κ2) is 5.67. The fourth-order valence-corrected chi connectivity index (χ4v) is 1.66. The summed E-state index contributed by atoms with van der Waals surface area (Å²) in [4.78, 5) is 23.7. The average molecular weight is 215 g/mol. The molecule has 86 valence electrons. The van der Waals surface area contributed by atoms with Gasteiger partial charge in [-0.05, 0) is 18.8 Å². The number of rotatable bonds is 2. The van der Waals surface area contributed by atoms with Crippen LogP contribution in [0.25, 0.3) is 0 Å². The lowest BCUT2D eigenvalue weighted by Gasteiger charge is -2.26. The minimum absolute atomic E-state index is 0.318. The van der Waals surface area contributed by atoms with Gasteiger partial charge in [0.2, 0.25) is 0 Å². The molecule has 2 amide bonds. The molecule has 1 aliphatic heterocycles. The molecule has 0 spiro atoms. The summed E-state index contributed by atoms with van der Waals surface area (Å²) >= 11 is 0. The van der Waals surface area contributed by atoms with Crippen LogP contribution in [0.2, 0.25) is 0 Å². The van der Waals surface area contributed by atoms with E-state index >= 15 is 0 Å². The number of amides is 2. The molecule has 0 aliphatic carbocycles. The maximum absolute atomic E-state index is 11.3. The van der Waals surface area contributed by atoms with Crippen LogP contribution in [-0.4, -0.2) is 43.5 Å². The number of hydrogen-bond acceptors (Lipinski definition) is 4. The molecular formula is C9H17N3O3. The molecule has 6 nitrogen and oxygen atoms in total. The molecule has 0 bridgehead atoms. The van der Waals surface area contributed by atoms with Crippen molar-refractivity contribution >= 4 is 11.8 Å². The summed E-state index contributed by atoms with van der Waals surface area (Å²) in [6, 6.07) is 0. The number of ether oxygens (including phenoxy) is 1. The second-order valence-corrected chi connectivity index (χ2v) is 3.74. The third kappa shape index (κ3) is 3.49. The molecule has 0 aromatic heterocycles. The van der Waals surface area contributed by atoms with Crippen molar-refractivity contribution in [1.82, 2.24) is 10.3 Å². The van der Waals surface area contributed by atoms with E-state index in [2.05, 4.69) is 0 Å². The van der Waals surface area contributed by atoms with Crippen LogP contribution < -0.4 is 11.3 Å². The van der Waals surface area contributed by atoms with E-state index in [0.717, 1.165) is 19.4 Å². The number of hydrazine groups is 1. The molecule has 3 N–H and O–H groups in total. The molecule has 1 aliphatic rings. The van der Waals surface area contributed by atoms with Gasteiger partial charge < -0.3 is 9.64 Å². The topological polar surface area (TPSA) is 84.7 Å². The van der Waals surface area contributed by atoms with E-state index in [0.29, 0.717) is 19.1 Å². The summed E-state index contributed by atoms with van der Waals surface area (Å²) < 4.78 is 5.29. The highest BCUT2D eigenvalue weighted by molar-refractivity contribution is 6.34. The number of carbonyl (C=O) groups is 2. The van der Waals surface area contributed by atoms with Crippen molar-refractivity contribution < 1.29 is 14.3 Å². The Labute approximate surface area is 88.7 Å². The van der Waals surface area contributed by atoms with E-state index in [1.54, 1.807) is 7.05 Å². The molecule has 0 saturated carbocycles. The number of nitrogens with one attached hydrogen (secondary N) is 1. The summed E-state index contributed by atoms with van der Waals surface area (Å²) in [5, 5.41) is 0. The zero-order chi connectivity index (χ0) is 11.3. The molecule has 1 unspecified atom stereocenters. The normalized spacial score (nSPS) is 20.8. The Balaban J connectivity index is 2.36. The molecule has 0 aromatic rings. The van der Waals surface area contributed by atoms with E-state index in [4.69, 9.17) is 10.6 Å². The SMILES string of the molecule is CN(CC1CCCOC1)C(=O)C(=O)NN. The van der Waals surface area contributed by atoms with Crippen LogP contribution in [-0.2, 0) is 14.3 Å². The average Bonchev–Trinajstić information content (AvgIpc) is 2.28. The summed E-state index contributed by atoms with van der Waals surface area (Å²) in [5.74, 6) is 3.80. The fourth-order valence-electron chi connectivity index (χ4n) is 1.66. The van der Waals surface area contributed by atoms with Crippen LogP contribution in [0.5, 0.6) is 0 Å². The van der Waals surface area contributed by atoms with Crippen LogP contribution >= 0.6 is 0 Å². The number of carbonyl (C=O) groups excluding carboxylic acids is 2. The Kier molecular flexibility index (Phi) is 4.51. The second-order valence-electron chi connectivity index (χ2n) is 3.74. The Hall–Kier alpha value is -1.14. The lowest BCUT2D eigenvalue weighted by Crippen LogP contribution is -2.46. The van der Waals surface area contributed by atoms with Gasteiger partial charge in [-0.2, -0.15) is 0 Å². The van der Waals surface area contributed by atoms with Gasteiger partial charge >= 0.3 is 11.8 Å². The first-order valence-electron chi connectivity index (χ1n) is 4.99. The van der Waals surface area contributed by atoms with Crippen molar-refractivity contribution in [2.75, 3.05) is 26.8 Å². The lowest BCUT2D eigenvalue weighted by atomic mass is 10.0. The van der Waals surface area contributed by atoms with E-state index < -0.39 is 11.8 Å². The van der Waals surface area contributed by atoms with Crippen molar-refractivity contribution in [3.63, 3.8) is 0 Å². The smallest absolute Gasteiger partial charge is 0.323 e. The number of nitrogens with two attached hydrogens (primary N) is 1. The molecule has 0 radical (unpaired) electrons. The molecule has 6 heteroatoms. The van der Waals surface area contributed by atoms with Gasteiger partial charge in [-0.1, -0.05) is 0 Å². The van der Waals surface area contributed by atoms with Crippen molar-refractivity contribution in [3.05, 3.63) is 0 Å². The molecular weight excluding hydrogens is 198 g/mol. The van der Waals surface area contributed by atoms with Crippen molar-refractivity contribution in [1.29, 1.82) is 0 Å². The minimum atomic E-state index is -0.783. The summed E-state index contributed by atoms with van der Waals surface area (Å²) in [5.41, 5.74) is 1.82. The Morgan fingerprint density at radius 1 is 1.60 bits per heavy atom. The predicted octanol–water partition coefficient (Wildman–Crippen LogP) is -1.14. The van der Waals surface area contributed by atoms with Gasteiger partial charge in [0.1, 0.15) is 0 Å². The standard InChI is InChI=1S/C9H17N3O3/c1-12(9(14)8(13)11-10)5-7-3-2-4-15-6-7/h7H,2-6,10H2,1H3,(H,11,13). The van der Waals surface area contributed by atoms with E-state index in [1.807, 2.05) is 5.43 Å². The van der Waals surface area contributed by atoms with Crippen LogP contribution in [0.3, 0.4) is 0 Å². The van der Waals surface area contributed by atoms with E-state index in [-0.39, 0.29) is 0 Å². The first-order chi connectivity index (χ1) is 7.15. The number of hydrogen-bond donors (Lipinski definition) is 2. The molecule has 1 heterocycles. The molecule has 0 aromatic carbocycles. The Morgan fingerprint density at radius 2 is 2.33 bits per heavy atom. The van der Waals surface area contributed by atoms with Crippen LogP contribution in [0.1, 0.15) is 12.8 Å². The highest BCUT2D eigenvalue weighted by Crippen LogP contribution is 2.14. The Bertz CT molecular complexity index is 239. The van der Waals surface area contributed by atoms with Gasteiger partial charge in [-0.25, -0.2) is 5.84 Å². The zero-order valence-corrected chi connectivity index (χ0v) is 8.86. The quantitative estimate of drug-likeness (QED) is 0.264. The van der Waals surface area contributed by atoms with Crippen LogP contribution in [0.4, 0.5) is 0 Å². The zero-order valence-electron chi connectivity index (χ0n) is 8.86. The van der Waals surface area contributed by atoms with Crippen LogP contribution in [0, 0.1) is 5.92 Å². The first-order valence-corrected chi connectivity index (χ1v) is 4.99. The third-order valence-corrected chi connectivity index (χ3v) is 2.46. The molecule has 1 fully saturated rings. The van der Waals surface area contributed by atoms with Gasteiger partial charge in [-0.3, -0.25) is 15.0 Å². The van der Waals surface area contributed by atoms with Crippen molar-refractivity contribution in [2.24, 2.45) is 11.8 Å². The van der Waals surface area contributed by atoms with E-state index in [9.17, 15) is 9.59 Å². The highest BCUT2D eigenvalue weighted by Gasteiger charge is 2.22. The van der Waals surface area contributed by atoms with Gasteiger partial charge in [-0.15, -0.1) is 0 Å². The molecule has 1 rings (SSSR count). The van der Waals surface area contributed by atoms with Crippen LogP contribution in [0.15, 0.2) is 0 Å². The van der Waals surface area contributed by atoms with Gasteiger partial charge in [0.05, 0.1) is 6.61 Å². The van der Waals surface area contributed by atoms with Crippen molar-refractivity contribution in [2.45, 2.75) is 12.8 Å². The lowest BCUT2D eigenvalue weighted by molar-refractivity contribution is -0.145. The fraction of sp³-hybridized carbons (Fsp3) is 0.778. The maximum atomic E-state index is 11.3. The monoisotopic (exact) mass is 215 g/mol. The molecule has 15 heavy (non-hydrogen) atoms. The van der Waals surface area contributed by atoms with Crippen molar-refractivity contribution in [3.8, 4) is 0 Å². The third-order valence-electron chi connectivity index (χ3n) is 2.46. The summed E-state index contributed by atoms with van der Waals surface area (Å²) in [6.45, 7) is 1.98. The summed E-state index contributed by atoms with van der Waals surface area (Å²) in [6.07, 6.45) is 2.04. The first kappa shape index (κ1) is 11.9.